The molecular formula is C10H20N4O2. The summed E-state index contributed by atoms with van der Waals surface area (Å²) in [5.74, 6) is 0.108. The maximum Gasteiger partial charge on any atom is 0.315 e. The van der Waals surface area contributed by atoms with Gasteiger partial charge in [0.1, 0.15) is 5.84 Å². The molecule has 0 aromatic heterocycles. The molecule has 1 fully saturated rings. The minimum Gasteiger partial charge on any atom is -0.409 e. The Kier molecular flexibility index (Phi) is 3.98. The number of nitrogens with zero attached hydrogens (tertiary/aromatic N) is 1. The van der Waals surface area contributed by atoms with Crippen LogP contribution in [0.25, 0.3) is 0 Å². The van der Waals surface area contributed by atoms with Gasteiger partial charge >= 0.3 is 6.03 Å². The Hall–Kier alpha value is -1.46. The van der Waals surface area contributed by atoms with Crippen LogP contribution in [0.5, 0.6) is 0 Å². The largest absolute Gasteiger partial charge is 0.409 e. The highest BCUT2D eigenvalue weighted by atomic mass is 16.4. The maximum atomic E-state index is 11.4. The SMILES string of the molecule is CC(C)(CNC(=O)NC1CCC1)C(N)=NO. The predicted molar refractivity (Wildman–Crippen MR) is 61.4 cm³/mol. The van der Waals surface area contributed by atoms with E-state index in [9.17, 15) is 4.79 Å². The quantitative estimate of drug-likeness (QED) is 0.245. The molecule has 1 aliphatic rings. The average molecular weight is 228 g/mol. The lowest BCUT2D eigenvalue weighted by molar-refractivity contribution is 0.225. The van der Waals surface area contributed by atoms with Gasteiger partial charge in [0.25, 0.3) is 0 Å². The number of rotatable bonds is 4. The lowest BCUT2D eigenvalue weighted by atomic mass is 9.92. The number of nitrogens with two attached hydrogens (primary N) is 1. The Morgan fingerprint density at radius 3 is 2.62 bits per heavy atom. The molecule has 0 aliphatic heterocycles. The first-order valence-electron chi connectivity index (χ1n) is 5.48. The zero-order chi connectivity index (χ0) is 12.2. The predicted octanol–water partition coefficient (Wildman–Crippen LogP) is 0.611. The summed E-state index contributed by atoms with van der Waals surface area (Å²) in [5, 5.41) is 17.1. The molecule has 1 aliphatic carbocycles. The van der Waals surface area contributed by atoms with Crippen molar-refractivity contribution in [1.29, 1.82) is 0 Å². The van der Waals surface area contributed by atoms with Crippen LogP contribution in [-0.2, 0) is 0 Å². The molecule has 2 amide bonds. The van der Waals surface area contributed by atoms with Gasteiger partial charge in [0, 0.05) is 18.0 Å². The Morgan fingerprint density at radius 2 is 2.19 bits per heavy atom. The smallest absolute Gasteiger partial charge is 0.315 e. The zero-order valence-electron chi connectivity index (χ0n) is 9.79. The van der Waals surface area contributed by atoms with Gasteiger partial charge in [0.15, 0.2) is 0 Å². The minimum absolute atomic E-state index is 0.108. The standard InChI is InChI=1S/C10H20N4O2/c1-10(2,8(11)14-16)6-12-9(15)13-7-4-3-5-7/h7,16H,3-6H2,1-2H3,(H2,11,14)(H2,12,13,15). The van der Waals surface area contributed by atoms with E-state index in [1.807, 2.05) is 0 Å². The molecule has 0 unspecified atom stereocenters. The number of carbonyl (C=O) groups excluding carboxylic acids is 1. The minimum atomic E-state index is -0.550. The molecular weight excluding hydrogens is 208 g/mol. The Balaban J connectivity index is 2.29. The summed E-state index contributed by atoms with van der Waals surface area (Å²) in [5.41, 5.74) is 4.95. The molecule has 0 heterocycles. The summed E-state index contributed by atoms with van der Waals surface area (Å²) in [6, 6.07) is 0.121. The summed E-state index contributed by atoms with van der Waals surface area (Å²) < 4.78 is 0. The van der Waals surface area contributed by atoms with E-state index >= 15 is 0 Å². The zero-order valence-corrected chi connectivity index (χ0v) is 9.79. The maximum absolute atomic E-state index is 11.4. The Bertz CT molecular complexity index is 285. The van der Waals surface area contributed by atoms with E-state index in [4.69, 9.17) is 10.9 Å². The third kappa shape index (κ3) is 3.29. The highest BCUT2D eigenvalue weighted by Crippen LogP contribution is 2.18. The van der Waals surface area contributed by atoms with Crippen molar-refractivity contribution in [1.82, 2.24) is 10.6 Å². The van der Waals surface area contributed by atoms with Gasteiger partial charge in [-0.3, -0.25) is 0 Å². The number of urea groups is 1. The number of carbonyl (C=O) groups is 1. The van der Waals surface area contributed by atoms with Gasteiger partial charge < -0.3 is 21.6 Å². The van der Waals surface area contributed by atoms with Crippen LogP contribution in [0, 0.1) is 5.41 Å². The first-order valence-corrected chi connectivity index (χ1v) is 5.48. The molecule has 0 radical (unpaired) electrons. The van der Waals surface area contributed by atoms with Crippen molar-refractivity contribution in [2.45, 2.75) is 39.2 Å². The highest BCUT2D eigenvalue weighted by molar-refractivity contribution is 5.86. The first-order chi connectivity index (χ1) is 7.45. The van der Waals surface area contributed by atoms with Crippen molar-refractivity contribution < 1.29 is 10.0 Å². The van der Waals surface area contributed by atoms with E-state index in [1.54, 1.807) is 13.8 Å². The van der Waals surface area contributed by atoms with Gasteiger partial charge in [0.05, 0.1) is 0 Å². The second-order valence-electron chi connectivity index (χ2n) is 4.82. The van der Waals surface area contributed by atoms with Gasteiger partial charge in [0.2, 0.25) is 0 Å². The third-order valence-electron chi connectivity index (χ3n) is 2.93. The van der Waals surface area contributed by atoms with Crippen LogP contribution < -0.4 is 16.4 Å². The van der Waals surface area contributed by atoms with Gasteiger partial charge in [-0.25, -0.2) is 4.79 Å². The molecule has 6 heteroatoms. The van der Waals surface area contributed by atoms with Gasteiger partial charge in [-0.2, -0.15) is 0 Å². The topological polar surface area (TPSA) is 99.7 Å². The molecule has 0 aromatic carbocycles. The van der Waals surface area contributed by atoms with E-state index in [0.717, 1.165) is 12.8 Å². The van der Waals surface area contributed by atoms with Crippen LogP contribution in [0.15, 0.2) is 5.16 Å². The normalized spacial score (nSPS) is 17.8. The van der Waals surface area contributed by atoms with E-state index in [0.29, 0.717) is 12.6 Å². The summed E-state index contributed by atoms with van der Waals surface area (Å²) in [4.78, 5) is 11.4. The van der Waals surface area contributed by atoms with Crippen molar-refractivity contribution in [2.75, 3.05) is 6.54 Å². The summed E-state index contributed by atoms with van der Waals surface area (Å²) >= 11 is 0. The lowest BCUT2D eigenvalue weighted by Crippen LogP contribution is -2.49. The van der Waals surface area contributed by atoms with Crippen molar-refractivity contribution in [3.8, 4) is 0 Å². The average Bonchev–Trinajstić information content (AvgIpc) is 2.19. The third-order valence-corrected chi connectivity index (χ3v) is 2.93. The lowest BCUT2D eigenvalue weighted by Gasteiger charge is -2.28. The van der Waals surface area contributed by atoms with E-state index in [2.05, 4.69) is 15.8 Å². The number of hydrogen-bond acceptors (Lipinski definition) is 3. The summed E-state index contributed by atoms with van der Waals surface area (Å²) in [6.07, 6.45) is 3.29. The van der Waals surface area contributed by atoms with Gasteiger partial charge in [-0.1, -0.05) is 19.0 Å². The van der Waals surface area contributed by atoms with Gasteiger partial charge in [-0.15, -0.1) is 0 Å². The molecule has 1 rings (SSSR count). The monoisotopic (exact) mass is 228 g/mol. The number of nitrogens with one attached hydrogen (secondary N) is 2. The van der Waals surface area contributed by atoms with Crippen LogP contribution in [0.1, 0.15) is 33.1 Å². The van der Waals surface area contributed by atoms with Crippen LogP contribution in [0.3, 0.4) is 0 Å². The van der Waals surface area contributed by atoms with E-state index in [1.165, 1.54) is 6.42 Å². The molecule has 92 valence electrons. The highest BCUT2D eigenvalue weighted by Gasteiger charge is 2.25. The summed E-state index contributed by atoms with van der Waals surface area (Å²) in [6.45, 7) is 3.93. The number of amidine groups is 1. The molecule has 1 saturated carbocycles. The number of oxime groups is 1. The number of hydrogen-bond donors (Lipinski definition) is 4. The van der Waals surface area contributed by atoms with Crippen molar-refractivity contribution in [2.24, 2.45) is 16.3 Å². The van der Waals surface area contributed by atoms with Crippen LogP contribution in [0.2, 0.25) is 0 Å². The van der Waals surface area contributed by atoms with Crippen LogP contribution >= 0.6 is 0 Å². The van der Waals surface area contributed by atoms with Crippen molar-refractivity contribution >= 4 is 11.9 Å². The molecule has 0 aromatic rings. The van der Waals surface area contributed by atoms with Crippen molar-refractivity contribution in [3.63, 3.8) is 0 Å². The fourth-order valence-electron chi connectivity index (χ4n) is 1.32. The second-order valence-corrected chi connectivity index (χ2v) is 4.82. The first kappa shape index (κ1) is 12.6. The molecule has 6 nitrogen and oxygen atoms in total. The van der Waals surface area contributed by atoms with Crippen molar-refractivity contribution in [3.05, 3.63) is 0 Å². The van der Waals surface area contributed by atoms with Crippen LogP contribution in [-0.4, -0.2) is 29.7 Å². The molecule has 0 atom stereocenters. The molecule has 16 heavy (non-hydrogen) atoms. The van der Waals surface area contributed by atoms with E-state index in [-0.39, 0.29) is 11.9 Å². The summed E-state index contributed by atoms with van der Waals surface area (Å²) in [7, 11) is 0. The molecule has 0 bridgehead atoms. The molecule has 0 saturated heterocycles. The number of amides is 2. The van der Waals surface area contributed by atoms with Crippen LogP contribution in [0.4, 0.5) is 4.79 Å². The van der Waals surface area contributed by atoms with E-state index < -0.39 is 5.41 Å². The Labute approximate surface area is 95.3 Å². The fourth-order valence-corrected chi connectivity index (χ4v) is 1.32. The Morgan fingerprint density at radius 1 is 1.56 bits per heavy atom. The fraction of sp³-hybridized carbons (Fsp3) is 0.800. The molecule has 0 spiro atoms. The molecule has 5 N–H and O–H groups in total. The van der Waals surface area contributed by atoms with Gasteiger partial charge in [-0.05, 0) is 19.3 Å². The second kappa shape index (κ2) is 5.05.